The van der Waals surface area contributed by atoms with Crippen molar-refractivity contribution in [1.29, 1.82) is 0 Å². The summed E-state index contributed by atoms with van der Waals surface area (Å²) in [6, 6.07) is 0. The van der Waals surface area contributed by atoms with Crippen molar-refractivity contribution < 1.29 is 4.79 Å². The van der Waals surface area contributed by atoms with Crippen LogP contribution in [0.2, 0.25) is 0 Å². The van der Waals surface area contributed by atoms with Gasteiger partial charge in [0.25, 0.3) is 0 Å². The zero-order chi connectivity index (χ0) is 14.4. The van der Waals surface area contributed by atoms with Crippen LogP contribution >= 0.6 is 15.9 Å². The maximum Gasteiger partial charge on any atom is 0.184 e. The lowest BCUT2D eigenvalue weighted by atomic mass is 9.98. The fourth-order valence-electron chi connectivity index (χ4n) is 1.86. The zero-order valence-corrected chi connectivity index (χ0v) is 13.5. The standard InChI is InChI=1S/C13H23BrN4O/c1-10(5-4-6-15)13(19)12-11(14)9-16-18(12)8-7-17(2)3/h9-10H,4-8,15H2,1-3H3. The SMILES string of the molecule is CC(CCCN)C(=O)c1c(Br)cnn1CCN(C)C. The molecule has 0 radical (unpaired) electrons. The van der Waals surface area contributed by atoms with E-state index in [0.29, 0.717) is 18.8 Å². The Morgan fingerprint density at radius 2 is 2.26 bits per heavy atom. The first kappa shape index (κ1) is 16.3. The molecule has 0 spiro atoms. The summed E-state index contributed by atoms with van der Waals surface area (Å²) >= 11 is 3.42. The highest BCUT2D eigenvalue weighted by Crippen LogP contribution is 2.21. The molecule has 1 rings (SSSR count). The minimum Gasteiger partial charge on any atom is -0.330 e. The molecular formula is C13H23BrN4O. The van der Waals surface area contributed by atoms with Gasteiger partial charge in [-0.15, -0.1) is 0 Å². The smallest absolute Gasteiger partial charge is 0.184 e. The Morgan fingerprint density at radius 3 is 2.84 bits per heavy atom. The van der Waals surface area contributed by atoms with E-state index in [-0.39, 0.29) is 11.7 Å². The molecule has 0 aliphatic rings. The summed E-state index contributed by atoms with van der Waals surface area (Å²) < 4.78 is 2.56. The number of halogens is 1. The van der Waals surface area contributed by atoms with Crippen LogP contribution in [0.25, 0.3) is 0 Å². The third-order valence-corrected chi connectivity index (χ3v) is 3.66. The Kier molecular flexibility index (Phi) is 6.68. The van der Waals surface area contributed by atoms with Gasteiger partial charge in [0.05, 0.1) is 17.2 Å². The second kappa shape index (κ2) is 7.77. The molecule has 0 amide bonds. The molecule has 0 aliphatic carbocycles. The number of hydrogen-bond acceptors (Lipinski definition) is 4. The first-order chi connectivity index (χ1) is 8.97. The molecule has 0 aliphatic heterocycles. The summed E-state index contributed by atoms with van der Waals surface area (Å²) in [7, 11) is 4.01. The number of hydrogen-bond donors (Lipinski definition) is 1. The van der Waals surface area contributed by atoms with Gasteiger partial charge in [0, 0.05) is 12.5 Å². The number of nitrogens with zero attached hydrogens (tertiary/aromatic N) is 3. The Morgan fingerprint density at radius 1 is 1.58 bits per heavy atom. The molecule has 0 saturated carbocycles. The highest BCUT2D eigenvalue weighted by molar-refractivity contribution is 9.10. The van der Waals surface area contributed by atoms with Crippen molar-refractivity contribution in [3.05, 3.63) is 16.4 Å². The average Bonchev–Trinajstić information content (AvgIpc) is 2.73. The van der Waals surface area contributed by atoms with Gasteiger partial charge >= 0.3 is 0 Å². The molecule has 0 fully saturated rings. The van der Waals surface area contributed by atoms with Gasteiger partial charge in [0.2, 0.25) is 0 Å². The van der Waals surface area contributed by atoms with Crippen LogP contribution in [0.3, 0.4) is 0 Å². The van der Waals surface area contributed by atoms with Crippen LogP contribution in [0.1, 0.15) is 30.3 Å². The fourth-order valence-corrected chi connectivity index (χ4v) is 2.35. The molecule has 108 valence electrons. The first-order valence-corrected chi connectivity index (χ1v) is 7.37. The van der Waals surface area contributed by atoms with E-state index in [4.69, 9.17) is 5.73 Å². The molecule has 5 nitrogen and oxygen atoms in total. The van der Waals surface area contributed by atoms with Gasteiger partial charge in [0.1, 0.15) is 5.69 Å². The predicted octanol–water partition coefficient (Wildman–Crippen LogP) is 1.76. The molecule has 1 atom stereocenters. The maximum absolute atomic E-state index is 12.5. The van der Waals surface area contributed by atoms with Crippen LogP contribution in [0.4, 0.5) is 0 Å². The number of carbonyl (C=O) groups excluding carboxylic acids is 1. The van der Waals surface area contributed by atoms with Crippen molar-refractivity contribution in [3.8, 4) is 0 Å². The van der Waals surface area contributed by atoms with Crippen LogP contribution in [0.15, 0.2) is 10.7 Å². The minimum atomic E-state index is -0.0188. The van der Waals surface area contributed by atoms with Gasteiger partial charge in [-0.2, -0.15) is 5.10 Å². The lowest BCUT2D eigenvalue weighted by Crippen LogP contribution is -2.23. The lowest BCUT2D eigenvalue weighted by molar-refractivity contribution is 0.0910. The maximum atomic E-state index is 12.5. The van der Waals surface area contributed by atoms with E-state index >= 15 is 0 Å². The monoisotopic (exact) mass is 330 g/mol. The minimum absolute atomic E-state index is 0.0188. The summed E-state index contributed by atoms with van der Waals surface area (Å²) in [6.07, 6.45) is 3.38. The predicted molar refractivity (Wildman–Crippen MR) is 80.3 cm³/mol. The summed E-state index contributed by atoms with van der Waals surface area (Å²) in [6.45, 7) is 4.14. The highest BCUT2D eigenvalue weighted by Gasteiger charge is 2.22. The molecule has 0 aromatic carbocycles. The molecule has 19 heavy (non-hydrogen) atoms. The van der Waals surface area contributed by atoms with E-state index in [1.165, 1.54) is 0 Å². The number of nitrogens with two attached hydrogens (primary N) is 1. The summed E-state index contributed by atoms with van der Waals surface area (Å²) in [5.41, 5.74) is 6.17. The van der Waals surface area contributed by atoms with E-state index in [1.807, 2.05) is 21.0 Å². The number of ketones is 1. The van der Waals surface area contributed by atoms with Crippen LogP contribution in [0.5, 0.6) is 0 Å². The highest BCUT2D eigenvalue weighted by atomic mass is 79.9. The van der Waals surface area contributed by atoms with Crippen molar-refractivity contribution in [1.82, 2.24) is 14.7 Å². The van der Waals surface area contributed by atoms with E-state index in [9.17, 15) is 4.79 Å². The zero-order valence-electron chi connectivity index (χ0n) is 11.9. The van der Waals surface area contributed by atoms with Crippen molar-refractivity contribution in [2.45, 2.75) is 26.3 Å². The molecule has 2 N–H and O–H groups in total. The quantitative estimate of drug-likeness (QED) is 0.738. The number of carbonyl (C=O) groups is 1. The van der Waals surface area contributed by atoms with Crippen LogP contribution < -0.4 is 5.73 Å². The topological polar surface area (TPSA) is 64.2 Å². The third kappa shape index (κ3) is 4.71. The molecule has 1 aromatic rings. The molecule has 1 unspecified atom stereocenters. The van der Waals surface area contributed by atoms with Crippen LogP contribution in [-0.4, -0.2) is 47.6 Å². The Hall–Kier alpha value is -0.720. The van der Waals surface area contributed by atoms with Gasteiger partial charge in [-0.3, -0.25) is 9.48 Å². The van der Waals surface area contributed by atoms with Crippen molar-refractivity contribution in [2.24, 2.45) is 11.7 Å². The third-order valence-electron chi connectivity index (χ3n) is 3.08. The Bertz CT molecular complexity index is 417. The van der Waals surface area contributed by atoms with Gasteiger partial charge < -0.3 is 10.6 Å². The summed E-state index contributed by atoms with van der Waals surface area (Å²) in [5, 5.41) is 4.27. The van der Waals surface area contributed by atoms with E-state index in [2.05, 4.69) is 25.9 Å². The van der Waals surface area contributed by atoms with Gasteiger partial charge in [-0.25, -0.2) is 0 Å². The number of Topliss-reactive ketones (excluding diaryl/α,β-unsaturated/α-hetero) is 1. The molecule has 1 aromatic heterocycles. The van der Waals surface area contributed by atoms with E-state index in [0.717, 1.165) is 23.9 Å². The van der Waals surface area contributed by atoms with Gasteiger partial charge in [-0.05, 0) is 49.4 Å². The Labute approximate surface area is 123 Å². The molecular weight excluding hydrogens is 308 g/mol. The number of rotatable bonds is 8. The van der Waals surface area contributed by atoms with Crippen LogP contribution in [0, 0.1) is 5.92 Å². The van der Waals surface area contributed by atoms with E-state index in [1.54, 1.807) is 10.9 Å². The van der Waals surface area contributed by atoms with Gasteiger partial charge in [0.15, 0.2) is 5.78 Å². The van der Waals surface area contributed by atoms with Gasteiger partial charge in [-0.1, -0.05) is 6.92 Å². The normalized spacial score (nSPS) is 12.9. The first-order valence-electron chi connectivity index (χ1n) is 6.57. The Balaban J connectivity index is 2.80. The summed E-state index contributed by atoms with van der Waals surface area (Å²) in [5.74, 6) is 0.117. The molecule has 0 saturated heterocycles. The van der Waals surface area contributed by atoms with E-state index < -0.39 is 0 Å². The molecule has 6 heteroatoms. The van der Waals surface area contributed by atoms with Crippen molar-refractivity contribution in [3.63, 3.8) is 0 Å². The van der Waals surface area contributed by atoms with Crippen LogP contribution in [-0.2, 0) is 6.54 Å². The fraction of sp³-hybridized carbons (Fsp3) is 0.692. The van der Waals surface area contributed by atoms with Crippen molar-refractivity contribution in [2.75, 3.05) is 27.2 Å². The molecule has 0 bridgehead atoms. The number of aromatic nitrogens is 2. The number of likely N-dealkylation sites (N-methyl/N-ethyl adjacent to an activating group) is 1. The second-order valence-corrected chi connectivity index (χ2v) is 5.92. The average molecular weight is 331 g/mol. The largest absolute Gasteiger partial charge is 0.330 e. The molecule has 1 heterocycles. The summed E-state index contributed by atoms with van der Waals surface area (Å²) in [4.78, 5) is 14.5. The second-order valence-electron chi connectivity index (χ2n) is 5.06. The lowest BCUT2D eigenvalue weighted by Gasteiger charge is -2.14. The van der Waals surface area contributed by atoms with Crippen molar-refractivity contribution >= 4 is 21.7 Å².